The number of hydrogen-bond acceptors (Lipinski definition) is 3. The van der Waals surface area contributed by atoms with E-state index in [4.69, 9.17) is 5.73 Å². The predicted molar refractivity (Wildman–Crippen MR) is 68.5 cm³/mol. The lowest BCUT2D eigenvalue weighted by atomic mass is 10.1. The van der Waals surface area contributed by atoms with Gasteiger partial charge in [-0.1, -0.05) is 6.07 Å². The summed E-state index contributed by atoms with van der Waals surface area (Å²) < 4.78 is 27.9. The molecule has 1 aliphatic rings. The Bertz CT molecular complexity index is 651. The van der Waals surface area contributed by atoms with E-state index in [1.165, 1.54) is 18.2 Å². The topological polar surface area (TPSA) is 51.8 Å². The molecule has 1 aliphatic carbocycles. The summed E-state index contributed by atoms with van der Waals surface area (Å²) in [6, 6.07) is 4.05. The number of nitrogens with zero attached hydrogens (tertiary/aromatic N) is 2. The molecule has 0 atom stereocenters. The van der Waals surface area contributed by atoms with E-state index in [9.17, 15) is 8.78 Å². The van der Waals surface area contributed by atoms with Crippen LogP contribution in [-0.4, -0.2) is 9.97 Å². The molecule has 1 aromatic heterocycles. The van der Waals surface area contributed by atoms with Crippen LogP contribution < -0.4 is 5.73 Å². The quantitative estimate of drug-likeness (QED) is 0.903. The molecule has 5 heteroatoms. The lowest BCUT2D eigenvalue weighted by Crippen LogP contribution is -2.02. The van der Waals surface area contributed by atoms with Gasteiger partial charge < -0.3 is 5.73 Å². The van der Waals surface area contributed by atoms with Crippen molar-refractivity contribution in [1.82, 2.24) is 9.97 Å². The number of hydrogen-bond donors (Lipinski definition) is 1. The molecule has 0 bridgehead atoms. The average molecular weight is 261 g/mol. The van der Waals surface area contributed by atoms with Gasteiger partial charge in [-0.25, -0.2) is 18.7 Å². The summed E-state index contributed by atoms with van der Waals surface area (Å²) in [5.74, 6) is -0.136. The summed E-state index contributed by atoms with van der Waals surface area (Å²) in [5, 5.41) is 0. The molecule has 3 rings (SSSR count). The highest BCUT2D eigenvalue weighted by Crippen LogP contribution is 2.39. The van der Waals surface area contributed by atoms with Crippen molar-refractivity contribution in [2.45, 2.75) is 25.7 Å². The molecule has 0 aliphatic heterocycles. The predicted octanol–water partition coefficient (Wildman–Crippen LogP) is 3.19. The van der Waals surface area contributed by atoms with Crippen molar-refractivity contribution < 1.29 is 8.78 Å². The third-order valence-corrected chi connectivity index (χ3v) is 3.25. The van der Waals surface area contributed by atoms with Gasteiger partial charge in [-0.15, -0.1) is 0 Å². The van der Waals surface area contributed by atoms with Crippen LogP contribution in [0.15, 0.2) is 18.2 Å². The summed E-state index contributed by atoms with van der Waals surface area (Å²) in [5.41, 5.74) is 6.17. The Morgan fingerprint density at radius 1 is 1.21 bits per heavy atom. The van der Waals surface area contributed by atoms with E-state index in [1.54, 1.807) is 6.92 Å². The first-order valence-electron chi connectivity index (χ1n) is 6.15. The van der Waals surface area contributed by atoms with E-state index in [1.807, 2.05) is 0 Å². The molecule has 0 amide bonds. The molecule has 98 valence electrons. The van der Waals surface area contributed by atoms with Crippen molar-refractivity contribution in [2.75, 3.05) is 5.73 Å². The van der Waals surface area contributed by atoms with Crippen LogP contribution in [0, 0.1) is 18.6 Å². The normalized spacial score (nSPS) is 14.7. The Morgan fingerprint density at radius 2 is 1.95 bits per heavy atom. The first-order valence-corrected chi connectivity index (χ1v) is 6.15. The Morgan fingerprint density at radius 3 is 2.63 bits per heavy atom. The van der Waals surface area contributed by atoms with Gasteiger partial charge in [0.05, 0.1) is 11.3 Å². The fourth-order valence-electron chi connectivity index (χ4n) is 2.03. The number of nitrogens with two attached hydrogens (primary N) is 1. The smallest absolute Gasteiger partial charge is 0.138 e. The number of aryl methyl sites for hydroxylation is 1. The Labute approximate surface area is 109 Å². The lowest BCUT2D eigenvalue weighted by molar-refractivity contribution is 0.582. The molecule has 1 heterocycles. The molecule has 1 fully saturated rings. The lowest BCUT2D eigenvalue weighted by Gasteiger charge is -2.09. The maximum Gasteiger partial charge on any atom is 0.138 e. The fraction of sp³-hybridized carbons (Fsp3) is 0.286. The van der Waals surface area contributed by atoms with E-state index in [2.05, 4.69) is 9.97 Å². The standard InChI is InChI=1S/C14H13F2N3/c1-7-2-5-9(15)12(13(7)16)10-6-11(17)19-14(18-10)8-3-4-8/h2,5-6,8H,3-4H2,1H3,(H2,17,18,19). The number of nitrogen functional groups attached to an aromatic ring is 1. The molecule has 0 saturated heterocycles. The van der Waals surface area contributed by atoms with Crippen LogP contribution in [0.25, 0.3) is 11.3 Å². The van der Waals surface area contributed by atoms with Gasteiger partial charge in [0.2, 0.25) is 0 Å². The summed E-state index contributed by atoms with van der Waals surface area (Å²) in [4.78, 5) is 8.38. The van der Waals surface area contributed by atoms with E-state index in [0.717, 1.165) is 12.8 Å². The largest absolute Gasteiger partial charge is 0.384 e. The minimum Gasteiger partial charge on any atom is -0.384 e. The first-order chi connectivity index (χ1) is 9.06. The van der Waals surface area contributed by atoms with Crippen LogP contribution in [0.3, 0.4) is 0 Å². The van der Waals surface area contributed by atoms with Crippen LogP contribution >= 0.6 is 0 Å². The SMILES string of the molecule is Cc1ccc(F)c(-c2cc(N)nc(C3CC3)n2)c1F. The second-order valence-electron chi connectivity index (χ2n) is 4.86. The highest BCUT2D eigenvalue weighted by atomic mass is 19.1. The first kappa shape index (κ1) is 12.0. The van der Waals surface area contributed by atoms with Gasteiger partial charge in [0.15, 0.2) is 0 Å². The molecule has 3 nitrogen and oxygen atoms in total. The van der Waals surface area contributed by atoms with Crippen molar-refractivity contribution in [2.24, 2.45) is 0 Å². The minimum atomic E-state index is -0.636. The van der Waals surface area contributed by atoms with Gasteiger partial charge in [0.1, 0.15) is 23.3 Å². The maximum absolute atomic E-state index is 14.1. The highest BCUT2D eigenvalue weighted by Gasteiger charge is 2.28. The Hall–Kier alpha value is -2.04. The zero-order valence-corrected chi connectivity index (χ0v) is 10.5. The van der Waals surface area contributed by atoms with Crippen molar-refractivity contribution in [3.05, 3.63) is 41.2 Å². The zero-order chi connectivity index (χ0) is 13.6. The minimum absolute atomic E-state index is 0.129. The Kier molecular flexibility index (Phi) is 2.69. The van der Waals surface area contributed by atoms with Crippen LogP contribution in [-0.2, 0) is 0 Å². The number of aromatic nitrogens is 2. The van der Waals surface area contributed by atoms with E-state index in [0.29, 0.717) is 11.4 Å². The number of rotatable bonds is 2. The van der Waals surface area contributed by atoms with Crippen LogP contribution in [0.5, 0.6) is 0 Å². The van der Waals surface area contributed by atoms with E-state index in [-0.39, 0.29) is 23.0 Å². The van der Waals surface area contributed by atoms with Crippen molar-refractivity contribution in [3.63, 3.8) is 0 Å². The molecule has 1 saturated carbocycles. The van der Waals surface area contributed by atoms with Gasteiger partial charge in [-0.3, -0.25) is 0 Å². The summed E-state index contributed by atoms with van der Waals surface area (Å²) in [6.45, 7) is 1.59. The third kappa shape index (κ3) is 2.16. The maximum atomic E-state index is 14.1. The summed E-state index contributed by atoms with van der Waals surface area (Å²) in [7, 11) is 0. The van der Waals surface area contributed by atoms with Gasteiger partial charge in [0.25, 0.3) is 0 Å². The fourth-order valence-corrected chi connectivity index (χ4v) is 2.03. The molecule has 2 aromatic rings. The second kappa shape index (κ2) is 4.26. The van der Waals surface area contributed by atoms with Gasteiger partial charge >= 0.3 is 0 Å². The Balaban J connectivity index is 2.19. The van der Waals surface area contributed by atoms with Crippen LogP contribution in [0.4, 0.5) is 14.6 Å². The number of benzene rings is 1. The van der Waals surface area contributed by atoms with Crippen molar-refractivity contribution in [3.8, 4) is 11.3 Å². The molecule has 0 radical (unpaired) electrons. The molecule has 0 spiro atoms. The van der Waals surface area contributed by atoms with E-state index >= 15 is 0 Å². The van der Waals surface area contributed by atoms with E-state index < -0.39 is 11.6 Å². The zero-order valence-electron chi connectivity index (χ0n) is 10.5. The number of halogens is 2. The molecule has 19 heavy (non-hydrogen) atoms. The van der Waals surface area contributed by atoms with Gasteiger partial charge in [0, 0.05) is 12.0 Å². The second-order valence-corrected chi connectivity index (χ2v) is 4.86. The molecular formula is C14H13F2N3. The monoisotopic (exact) mass is 261 g/mol. The molecule has 2 N–H and O–H groups in total. The molecular weight excluding hydrogens is 248 g/mol. The number of anilines is 1. The summed E-state index contributed by atoms with van der Waals surface area (Å²) >= 11 is 0. The highest BCUT2D eigenvalue weighted by molar-refractivity contribution is 5.64. The van der Waals surface area contributed by atoms with Gasteiger partial charge in [-0.05, 0) is 31.4 Å². The van der Waals surface area contributed by atoms with Crippen molar-refractivity contribution in [1.29, 1.82) is 0 Å². The van der Waals surface area contributed by atoms with Crippen LogP contribution in [0.2, 0.25) is 0 Å². The van der Waals surface area contributed by atoms with Gasteiger partial charge in [-0.2, -0.15) is 0 Å². The molecule has 1 aromatic carbocycles. The third-order valence-electron chi connectivity index (χ3n) is 3.25. The van der Waals surface area contributed by atoms with Crippen molar-refractivity contribution >= 4 is 5.82 Å². The average Bonchev–Trinajstić information content (AvgIpc) is 3.18. The van der Waals surface area contributed by atoms with Crippen LogP contribution in [0.1, 0.15) is 30.1 Å². The molecule has 0 unspecified atom stereocenters. The summed E-state index contributed by atoms with van der Waals surface area (Å²) in [6.07, 6.45) is 2.00.